The third kappa shape index (κ3) is 5.52. The highest BCUT2D eigenvalue weighted by molar-refractivity contribution is 6.31. The molecule has 2 N–H and O–H groups in total. The van der Waals surface area contributed by atoms with E-state index in [0.717, 1.165) is 81.6 Å². The predicted octanol–water partition coefficient (Wildman–Crippen LogP) is 2.57. The number of carbonyl (C=O) groups excluding carboxylic acids is 1. The van der Waals surface area contributed by atoms with Crippen LogP contribution in [0.4, 0.5) is 0 Å². The van der Waals surface area contributed by atoms with Crippen LogP contribution in [0, 0.1) is 0 Å². The number of guanidine groups is 1. The molecule has 1 aromatic heterocycles. The Bertz CT molecular complexity index is 912. The number of hydrogen-bond donors (Lipinski definition) is 2. The second kappa shape index (κ2) is 10.4. The predicted molar refractivity (Wildman–Crippen MR) is 127 cm³/mol. The molecule has 7 nitrogen and oxygen atoms in total. The molecule has 0 atom stereocenters. The van der Waals surface area contributed by atoms with E-state index in [1.807, 2.05) is 30.1 Å². The molecule has 2 saturated heterocycles. The summed E-state index contributed by atoms with van der Waals surface area (Å²) in [6.45, 7) is 6.76. The topological polar surface area (TPSA) is 67.0 Å². The molecule has 4 rings (SSSR count). The molecule has 0 bridgehead atoms. The lowest BCUT2D eigenvalue weighted by molar-refractivity contribution is -0.133. The number of piperazine rings is 1. The molecule has 3 heterocycles. The number of hydrogen-bond acceptors (Lipinski definition) is 3. The summed E-state index contributed by atoms with van der Waals surface area (Å²) in [6.07, 6.45) is 6.50. The number of nitrogens with zero attached hydrogens (tertiary/aromatic N) is 4. The van der Waals surface area contributed by atoms with Crippen LogP contribution in [0.1, 0.15) is 24.8 Å². The maximum atomic E-state index is 12.5. The van der Waals surface area contributed by atoms with Crippen LogP contribution in [0.5, 0.6) is 0 Å². The highest BCUT2D eigenvalue weighted by atomic mass is 35.5. The van der Waals surface area contributed by atoms with Crippen LogP contribution in [0.3, 0.4) is 0 Å². The summed E-state index contributed by atoms with van der Waals surface area (Å²) >= 11 is 6.16. The van der Waals surface area contributed by atoms with E-state index in [2.05, 4.69) is 31.3 Å². The molecule has 0 saturated carbocycles. The molecule has 2 fully saturated rings. The van der Waals surface area contributed by atoms with Crippen molar-refractivity contribution in [2.75, 3.05) is 59.4 Å². The molecule has 0 aliphatic carbocycles. The largest absolute Gasteiger partial charge is 0.361 e. The van der Waals surface area contributed by atoms with Crippen molar-refractivity contribution >= 4 is 34.4 Å². The number of fused-ring (bicyclic) bond motifs is 1. The number of amides is 1. The normalized spacial score (nSPS) is 18.6. The SMILES string of the molecule is CN=C(NCCc1c[nH]c2ccc(Cl)cc12)N1CCN(CC(=O)N2CCCCC2)CC1. The molecule has 8 heteroatoms. The maximum absolute atomic E-state index is 12.5. The van der Waals surface area contributed by atoms with Crippen molar-refractivity contribution in [1.82, 2.24) is 25.0 Å². The number of H-pyrrole nitrogens is 1. The first-order chi connectivity index (χ1) is 15.1. The van der Waals surface area contributed by atoms with Gasteiger partial charge < -0.3 is 20.1 Å². The Morgan fingerprint density at radius 2 is 1.87 bits per heavy atom. The van der Waals surface area contributed by atoms with Crippen molar-refractivity contribution < 1.29 is 4.79 Å². The number of likely N-dealkylation sites (tertiary alicyclic amines) is 1. The van der Waals surface area contributed by atoms with Gasteiger partial charge in [-0.3, -0.25) is 14.7 Å². The summed E-state index contributed by atoms with van der Waals surface area (Å²) in [5.41, 5.74) is 2.36. The van der Waals surface area contributed by atoms with Crippen molar-refractivity contribution in [3.8, 4) is 0 Å². The smallest absolute Gasteiger partial charge is 0.236 e. The minimum atomic E-state index is 0.287. The lowest BCUT2D eigenvalue weighted by Crippen LogP contribution is -2.54. The molecule has 0 unspecified atom stereocenters. The minimum absolute atomic E-state index is 0.287. The highest BCUT2D eigenvalue weighted by Crippen LogP contribution is 2.22. The van der Waals surface area contributed by atoms with Gasteiger partial charge in [-0.25, -0.2) is 0 Å². The van der Waals surface area contributed by atoms with Gasteiger partial charge in [-0.15, -0.1) is 0 Å². The van der Waals surface area contributed by atoms with E-state index in [1.165, 1.54) is 17.4 Å². The zero-order valence-corrected chi connectivity index (χ0v) is 19.1. The fourth-order valence-corrected chi connectivity index (χ4v) is 4.72. The number of benzene rings is 1. The van der Waals surface area contributed by atoms with E-state index in [0.29, 0.717) is 6.54 Å². The van der Waals surface area contributed by atoms with Crippen LogP contribution in [0.25, 0.3) is 10.9 Å². The Balaban J connectivity index is 1.23. The van der Waals surface area contributed by atoms with Gasteiger partial charge in [0, 0.05) is 75.0 Å². The second-order valence-electron chi connectivity index (χ2n) is 8.43. The van der Waals surface area contributed by atoms with Gasteiger partial charge in [0.05, 0.1) is 6.54 Å². The van der Waals surface area contributed by atoms with Crippen molar-refractivity contribution in [1.29, 1.82) is 0 Å². The number of halogens is 1. The van der Waals surface area contributed by atoms with Gasteiger partial charge in [0.1, 0.15) is 0 Å². The zero-order chi connectivity index (χ0) is 21.6. The highest BCUT2D eigenvalue weighted by Gasteiger charge is 2.24. The number of aliphatic imine (C=N–C) groups is 1. The minimum Gasteiger partial charge on any atom is -0.361 e. The summed E-state index contributed by atoms with van der Waals surface area (Å²) in [7, 11) is 1.83. The lowest BCUT2D eigenvalue weighted by atomic mass is 10.1. The van der Waals surface area contributed by atoms with E-state index in [9.17, 15) is 4.79 Å². The number of carbonyl (C=O) groups is 1. The van der Waals surface area contributed by atoms with Gasteiger partial charge in [0.15, 0.2) is 5.96 Å². The average Bonchev–Trinajstić information content (AvgIpc) is 3.20. The van der Waals surface area contributed by atoms with Gasteiger partial charge in [-0.2, -0.15) is 0 Å². The first-order valence-electron chi connectivity index (χ1n) is 11.4. The standard InChI is InChI=1S/C23H33ClN6O/c1-25-23(26-8-7-18-16-27-21-6-5-19(24)15-20(18)21)30-13-11-28(12-14-30)17-22(31)29-9-3-2-4-10-29/h5-6,15-16,27H,2-4,7-14,17H2,1H3,(H,25,26). The lowest BCUT2D eigenvalue weighted by Gasteiger charge is -2.37. The number of aromatic amines is 1. The third-order valence-corrected chi connectivity index (χ3v) is 6.59. The van der Waals surface area contributed by atoms with Gasteiger partial charge in [-0.05, 0) is 49.4 Å². The van der Waals surface area contributed by atoms with Crippen LogP contribution in [0.15, 0.2) is 29.4 Å². The van der Waals surface area contributed by atoms with Crippen molar-refractivity contribution in [3.05, 3.63) is 35.0 Å². The zero-order valence-electron chi connectivity index (χ0n) is 18.4. The molecule has 2 aliphatic heterocycles. The molecule has 2 aliphatic rings. The van der Waals surface area contributed by atoms with Gasteiger partial charge in [0.2, 0.25) is 5.91 Å². The number of nitrogens with one attached hydrogen (secondary N) is 2. The van der Waals surface area contributed by atoms with E-state index in [-0.39, 0.29) is 5.91 Å². The first-order valence-corrected chi connectivity index (χ1v) is 11.7. The van der Waals surface area contributed by atoms with Gasteiger partial charge >= 0.3 is 0 Å². The second-order valence-corrected chi connectivity index (χ2v) is 8.87. The molecular weight excluding hydrogens is 412 g/mol. The van der Waals surface area contributed by atoms with E-state index >= 15 is 0 Å². The molecule has 2 aromatic rings. The summed E-state index contributed by atoms with van der Waals surface area (Å²) in [6, 6.07) is 5.94. The maximum Gasteiger partial charge on any atom is 0.236 e. The molecule has 0 radical (unpaired) electrons. The van der Waals surface area contributed by atoms with E-state index in [1.54, 1.807) is 0 Å². The average molecular weight is 445 g/mol. The Labute approximate surface area is 189 Å². The molecule has 168 valence electrons. The van der Waals surface area contributed by atoms with Crippen LogP contribution >= 0.6 is 11.6 Å². The van der Waals surface area contributed by atoms with Crippen LogP contribution in [0.2, 0.25) is 5.02 Å². The molecular formula is C23H33ClN6O. The van der Waals surface area contributed by atoms with Crippen LogP contribution < -0.4 is 5.32 Å². The van der Waals surface area contributed by atoms with Gasteiger partial charge in [0.25, 0.3) is 0 Å². The molecule has 0 spiro atoms. The number of rotatable bonds is 5. The van der Waals surface area contributed by atoms with E-state index in [4.69, 9.17) is 11.6 Å². The summed E-state index contributed by atoms with van der Waals surface area (Å²) < 4.78 is 0. The monoisotopic (exact) mass is 444 g/mol. The Morgan fingerprint density at radius 1 is 1.10 bits per heavy atom. The van der Waals surface area contributed by atoms with Crippen molar-refractivity contribution in [2.45, 2.75) is 25.7 Å². The van der Waals surface area contributed by atoms with Crippen molar-refractivity contribution in [3.63, 3.8) is 0 Å². The quantitative estimate of drug-likeness (QED) is 0.549. The number of aromatic nitrogens is 1. The van der Waals surface area contributed by atoms with Crippen LogP contribution in [-0.4, -0.2) is 91.0 Å². The Hall–Kier alpha value is -2.25. The fourth-order valence-electron chi connectivity index (χ4n) is 4.55. The Morgan fingerprint density at radius 3 is 2.61 bits per heavy atom. The van der Waals surface area contributed by atoms with E-state index < -0.39 is 0 Å². The summed E-state index contributed by atoms with van der Waals surface area (Å²) in [5.74, 6) is 1.22. The van der Waals surface area contributed by atoms with Crippen molar-refractivity contribution in [2.24, 2.45) is 4.99 Å². The Kier molecular flexibility index (Phi) is 7.35. The van der Waals surface area contributed by atoms with Crippen LogP contribution in [-0.2, 0) is 11.2 Å². The molecule has 1 aromatic carbocycles. The third-order valence-electron chi connectivity index (χ3n) is 6.36. The summed E-state index contributed by atoms with van der Waals surface area (Å²) in [5, 5.41) is 5.43. The molecule has 31 heavy (non-hydrogen) atoms. The fraction of sp³-hybridized carbons (Fsp3) is 0.565. The summed E-state index contributed by atoms with van der Waals surface area (Å²) in [4.78, 5) is 26.9. The van der Waals surface area contributed by atoms with Gasteiger partial charge in [-0.1, -0.05) is 11.6 Å². The first kappa shape index (κ1) is 22.0. The molecule has 1 amide bonds. The number of piperidine rings is 1.